The molecule has 1 heterocycles. The second kappa shape index (κ2) is 5.74. The van der Waals surface area contributed by atoms with E-state index >= 15 is 0 Å². The Balaban J connectivity index is 2.26. The summed E-state index contributed by atoms with van der Waals surface area (Å²) < 4.78 is 25.3. The van der Waals surface area contributed by atoms with Gasteiger partial charge in [-0.25, -0.2) is 8.42 Å². The highest BCUT2D eigenvalue weighted by Crippen LogP contribution is 2.28. The Hall–Kier alpha value is -1.35. The zero-order chi connectivity index (χ0) is 13.9. The predicted octanol–water partition coefficient (Wildman–Crippen LogP) is 1.13. The molecule has 5 heteroatoms. The van der Waals surface area contributed by atoms with Crippen molar-refractivity contribution >= 4 is 10.0 Å². The topological polar surface area (TPSA) is 57.6 Å². The number of hydrogen-bond acceptors (Lipinski definition) is 3. The molecule has 1 aliphatic rings. The van der Waals surface area contributed by atoms with Gasteiger partial charge in [0, 0.05) is 18.2 Å². The number of nitrogens with zero attached hydrogens (tertiary/aromatic N) is 1. The van der Waals surface area contributed by atoms with Gasteiger partial charge < -0.3 is 5.11 Å². The Bertz CT molecular complexity index is 613. The fraction of sp³-hybridized carbons (Fsp3) is 0.429. The van der Waals surface area contributed by atoms with Gasteiger partial charge in [-0.1, -0.05) is 24.0 Å². The lowest BCUT2D eigenvalue weighted by atomic mass is 10.1. The quantitative estimate of drug-likeness (QED) is 0.826. The first kappa shape index (κ1) is 14.1. The molecule has 0 aromatic heterocycles. The molecule has 0 spiro atoms. The summed E-state index contributed by atoms with van der Waals surface area (Å²) in [4.78, 5) is 0. The van der Waals surface area contributed by atoms with Gasteiger partial charge >= 0.3 is 0 Å². The van der Waals surface area contributed by atoms with E-state index in [2.05, 4.69) is 11.8 Å². The molecular weight excluding hydrogens is 262 g/mol. The zero-order valence-corrected chi connectivity index (χ0v) is 11.7. The molecule has 0 aliphatic carbocycles. The van der Waals surface area contributed by atoms with Gasteiger partial charge in [-0.2, -0.15) is 4.31 Å². The second-order valence-electron chi connectivity index (χ2n) is 4.54. The van der Waals surface area contributed by atoms with Crippen molar-refractivity contribution in [3.8, 4) is 11.8 Å². The fourth-order valence-electron chi connectivity index (χ4n) is 2.28. The molecule has 1 fully saturated rings. The van der Waals surface area contributed by atoms with E-state index in [1.807, 2.05) is 31.2 Å². The van der Waals surface area contributed by atoms with E-state index < -0.39 is 10.0 Å². The molecule has 1 N–H and O–H groups in total. The minimum atomic E-state index is -3.11. The van der Waals surface area contributed by atoms with E-state index in [1.54, 1.807) is 4.31 Å². The van der Waals surface area contributed by atoms with Crippen LogP contribution in [0.2, 0.25) is 0 Å². The first-order valence-corrected chi connectivity index (χ1v) is 7.85. The van der Waals surface area contributed by atoms with E-state index in [0.717, 1.165) is 11.1 Å². The fourth-order valence-corrected chi connectivity index (χ4v) is 4.02. The van der Waals surface area contributed by atoms with Crippen molar-refractivity contribution in [1.82, 2.24) is 4.31 Å². The summed E-state index contributed by atoms with van der Waals surface area (Å²) in [5, 5.41) is 8.69. The van der Waals surface area contributed by atoms with Crippen LogP contribution in [-0.2, 0) is 10.0 Å². The lowest BCUT2D eigenvalue weighted by Gasteiger charge is -2.23. The lowest BCUT2D eigenvalue weighted by Crippen LogP contribution is -2.28. The number of hydrogen-bond donors (Lipinski definition) is 1. The molecule has 102 valence electrons. The molecule has 1 saturated heterocycles. The van der Waals surface area contributed by atoms with Gasteiger partial charge in [-0.3, -0.25) is 0 Å². The van der Waals surface area contributed by atoms with Crippen LogP contribution in [0.15, 0.2) is 24.3 Å². The first-order valence-electron chi connectivity index (χ1n) is 6.24. The van der Waals surface area contributed by atoms with Gasteiger partial charge in [0.2, 0.25) is 10.0 Å². The average Bonchev–Trinajstić information content (AvgIpc) is 2.75. The normalized spacial score (nSPS) is 19.7. The molecule has 1 aromatic carbocycles. The Morgan fingerprint density at radius 2 is 2.26 bits per heavy atom. The Labute approximate surface area is 114 Å². The Morgan fingerprint density at radius 3 is 2.89 bits per heavy atom. The van der Waals surface area contributed by atoms with Crippen molar-refractivity contribution < 1.29 is 13.5 Å². The average molecular weight is 279 g/mol. The molecule has 4 nitrogen and oxygen atoms in total. The van der Waals surface area contributed by atoms with Crippen LogP contribution < -0.4 is 0 Å². The minimum Gasteiger partial charge on any atom is -0.384 e. The standard InChI is InChI=1S/C14H17NO3S/c1-12(15-8-4-10-19(15,17)18)14-7-2-5-13(11-14)6-3-9-16/h2,5,7,11-12,16H,4,8-10H2,1H3. The highest BCUT2D eigenvalue weighted by atomic mass is 32.2. The Kier molecular flexibility index (Phi) is 4.25. The van der Waals surface area contributed by atoms with E-state index in [1.165, 1.54) is 0 Å². The van der Waals surface area contributed by atoms with Crippen molar-refractivity contribution in [3.63, 3.8) is 0 Å². The second-order valence-corrected chi connectivity index (χ2v) is 6.58. The molecule has 1 aromatic rings. The van der Waals surface area contributed by atoms with Gasteiger partial charge in [0.1, 0.15) is 6.61 Å². The Morgan fingerprint density at radius 1 is 1.47 bits per heavy atom. The monoisotopic (exact) mass is 279 g/mol. The molecular formula is C14H17NO3S. The van der Waals surface area contributed by atoms with Crippen LogP contribution in [-0.4, -0.2) is 36.7 Å². The molecule has 1 unspecified atom stereocenters. The van der Waals surface area contributed by atoms with Crippen molar-refractivity contribution in [1.29, 1.82) is 0 Å². The maximum atomic E-state index is 11.9. The van der Waals surface area contributed by atoms with Gasteiger partial charge in [0.05, 0.1) is 5.75 Å². The number of aliphatic hydroxyl groups is 1. The summed E-state index contributed by atoms with van der Waals surface area (Å²) in [6.07, 6.45) is 0.691. The summed E-state index contributed by atoms with van der Waals surface area (Å²) in [7, 11) is -3.11. The molecule has 0 saturated carbocycles. The molecule has 1 aliphatic heterocycles. The van der Waals surface area contributed by atoms with Crippen molar-refractivity contribution in [2.24, 2.45) is 0 Å². The SMILES string of the molecule is CC(c1cccc(C#CCO)c1)N1CCCS1(=O)=O. The van der Waals surface area contributed by atoms with Crippen LogP contribution in [0.1, 0.15) is 30.5 Å². The number of benzene rings is 1. The summed E-state index contributed by atoms with van der Waals surface area (Å²) >= 11 is 0. The number of rotatable bonds is 2. The van der Waals surface area contributed by atoms with E-state index in [4.69, 9.17) is 5.11 Å². The van der Waals surface area contributed by atoms with Crippen LogP contribution in [0.4, 0.5) is 0 Å². The van der Waals surface area contributed by atoms with E-state index in [0.29, 0.717) is 13.0 Å². The van der Waals surface area contributed by atoms with E-state index in [-0.39, 0.29) is 18.4 Å². The summed E-state index contributed by atoms with van der Waals surface area (Å²) in [5.41, 5.74) is 1.71. The third-order valence-corrected chi connectivity index (χ3v) is 5.27. The zero-order valence-electron chi connectivity index (χ0n) is 10.8. The van der Waals surface area contributed by atoms with Crippen LogP contribution >= 0.6 is 0 Å². The molecule has 19 heavy (non-hydrogen) atoms. The minimum absolute atomic E-state index is 0.177. The highest BCUT2D eigenvalue weighted by Gasteiger charge is 2.32. The molecule has 2 rings (SSSR count). The van der Waals surface area contributed by atoms with Crippen LogP contribution in [0.3, 0.4) is 0 Å². The third-order valence-electron chi connectivity index (χ3n) is 3.25. The molecule has 0 bridgehead atoms. The van der Waals surface area contributed by atoms with Crippen molar-refractivity contribution in [2.45, 2.75) is 19.4 Å². The summed E-state index contributed by atoms with van der Waals surface area (Å²) in [5.74, 6) is 5.66. The van der Waals surface area contributed by atoms with Gasteiger partial charge in [0.15, 0.2) is 0 Å². The molecule has 0 amide bonds. The van der Waals surface area contributed by atoms with Crippen LogP contribution in [0, 0.1) is 11.8 Å². The van der Waals surface area contributed by atoms with Crippen LogP contribution in [0.25, 0.3) is 0 Å². The maximum Gasteiger partial charge on any atom is 0.214 e. The highest BCUT2D eigenvalue weighted by molar-refractivity contribution is 7.89. The molecule has 1 atom stereocenters. The third kappa shape index (κ3) is 3.16. The number of aliphatic hydroxyl groups excluding tert-OH is 1. The lowest BCUT2D eigenvalue weighted by molar-refractivity contribution is 0.350. The smallest absolute Gasteiger partial charge is 0.214 e. The maximum absolute atomic E-state index is 11.9. The van der Waals surface area contributed by atoms with Gasteiger partial charge in [-0.05, 0) is 31.0 Å². The first-order chi connectivity index (χ1) is 9.04. The number of sulfonamides is 1. The van der Waals surface area contributed by atoms with Crippen molar-refractivity contribution in [2.75, 3.05) is 18.9 Å². The van der Waals surface area contributed by atoms with E-state index in [9.17, 15) is 8.42 Å². The van der Waals surface area contributed by atoms with Gasteiger partial charge in [0.25, 0.3) is 0 Å². The summed E-state index contributed by atoms with van der Waals surface area (Å²) in [6, 6.07) is 7.31. The summed E-state index contributed by atoms with van der Waals surface area (Å²) in [6.45, 7) is 2.29. The molecule has 0 radical (unpaired) electrons. The van der Waals surface area contributed by atoms with Gasteiger partial charge in [-0.15, -0.1) is 0 Å². The largest absolute Gasteiger partial charge is 0.384 e. The predicted molar refractivity (Wildman–Crippen MR) is 73.9 cm³/mol. The van der Waals surface area contributed by atoms with Crippen molar-refractivity contribution in [3.05, 3.63) is 35.4 Å². The van der Waals surface area contributed by atoms with Crippen LogP contribution in [0.5, 0.6) is 0 Å².